The van der Waals surface area contributed by atoms with Gasteiger partial charge in [-0.1, -0.05) is 12.1 Å². The Kier molecular flexibility index (Phi) is 6.05. The van der Waals surface area contributed by atoms with Crippen LogP contribution in [0.25, 0.3) is 11.6 Å². The maximum atomic E-state index is 5.94. The molecule has 0 radical (unpaired) electrons. The number of nitrogens with two attached hydrogens (primary N) is 1. The highest BCUT2D eigenvalue weighted by Crippen LogP contribution is 2.30. The second-order valence-corrected chi connectivity index (χ2v) is 7.50. The largest absolute Gasteiger partial charge is 0.399 e. The van der Waals surface area contributed by atoms with E-state index in [0.717, 1.165) is 6.42 Å². The van der Waals surface area contributed by atoms with Gasteiger partial charge in [-0.25, -0.2) is 0 Å². The van der Waals surface area contributed by atoms with Gasteiger partial charge in [0.1, 0.15) is 7.05 Å². The molecule has 1 aliphatic heterocycles. The zero-order valence-electron chi connectivity index (χ0n) is 17.6. The maximum absolute atomic E-state index is 5.94. The molecule has 2 heterocycles. The molecule has 2 N–H and O–H groups in total. The van der Waals surface area contributed by atoms with Gasteiger partial charge in [-0.05, 0) is 62.0 Å². The van der Waals surface area contributed by atoms with Gasteiger partial charge in [0.25, 0.3) is 0 Å². The predicted molar refractivity (Wildman–Crippen MR) is 124 cm³/mol. The Balaban J connectivity index is 1.96. The summed E-state index contributed by atoms with van der Waals surface area (Å²) in [5.74, 6) is 0. The third kappa shape index (κ3) is 4.05. The zero-order valence-corrected chi connectivity index (χ0v) is 17.6. The van der Waals surface area contributed by atoms with E-state index in [1.807, 2.05) is 0 Å². The normalized spacial score (nSPS) is 16.1. The van der Waals surface area contributed by atoms with Crippen molar-refractivity contribution in [3.8, 4) is 0 Å². The minimum atomic E-state index is 0.633. The lowest BCUT2D eigenvalue weighted by atomic mass is 10.0. The van der Waals surface area contributed by atoms with E-state index in [-0.39, 0.29) is 0 Å². The molecule has 0 fully saturated rings. The number of rotatable bonds is 6. The first-order valence-corrected chi connectivity index (χ1v) is 9.72. The van der Waals surface area contributed by atoms with Crippen LogP contribution in [0.15, 0.2) is 66.0 Å². The van der Waals surface area contributed by atoms with Gasteiger partial charge in [-0.15, -0.1) is 0 Å². The second-order valence-electron chi connectivity index (χ2n) is 7.50. The van der Waals surface area contributed by atoms with Gasteiger partial charge < -0.3 is 15.1 Å². The summed E-state index contributed by atoms with van der Waals surface area (Å²) in [6, 6.07) is 12.8. The van der Waals surface area contributed by atoms with Crippen LogP contribution >= 0.6 is 0 Å². The van der Waals surface area contributed by atoms with Crippen LogP contribution < -0.4 is 10.6 Å². The topological polar surface area (TPSA) is 37.2 Å². The van der Waals surface area contributed by atoms with Gasteiger partial charge in [-0.2, -0.15) is 4.58 Å². The fourth-order valence-electron chi connectivity index (χ4n) is 3.73. The van der Waals surface area contributed by atoms with Crippen molar-refractivity contribution in [1.29, 1.82) is 0 Å². The molecule has 0 unspecified atom stereocenters. The van der Waals surface area contributed by atoms with E-state index in [9.17, 15) is 0 Å². The first-order chi connectivity index (χ1) is 13.4. The Morgan fingerprint density at radius 1 is 1.18 bits per heavy atom. The van der Waals surface area contributed by atoms with E-state index < -0.39 is 0 Å². The molecule has 3 rings (SSSR count). The van der Waals surface area contributed by atoms with Gasteiger partial charge in [0.2, 0.25) is 19.4 Å². The number of benzene rings is 1. The summed E-state index contributed by atoms with van der Waals surface area (Å²) < 4.78 is 4.44. The number of hydrogen-bond acceptors (Lipinski definition) is 2. The van der Waals surface area contributed by atoms with E-state index in [0.29, 0.717) is 6.54 Å². The Labute approximate surface area is 169 Å². The van der Waals surface area contributed by atoms with E-state index in [1.165, 1.54) is 39.5 Å². The van der Waals surface area contributed by atoms with Crippen LogP contribution in [0.1, 0.15) is 24.6 Å². The van der Waals surface area contributed by atoms with Crippen LogP contribution in [0.3, 0.4) is 0 Å². The molecule has 1 aromatic heterocycles. The number of aromatic nitrogens is 1. The van der Waals surface area contributed by atoms with E-state index in [2.05, 4.69) is 111 Å². The molecule has 5 heteroatoms. The molecule has 0 aliphatic carbocycles. The summed E-state index contributed by atoms with van der Waals surface area (Å²) in [6.45, 7) is 2.81. The molecule has 1 aliphatic rings. The van der Waals surface area contributed by atoms with Crippen LogP contribution in [-0.4, -0.2) is 50.4 Å². The van der Waals surface area contributed by atoms with Crippen LogP contribution in [0, 0.1) is 0 Å². The van der Waals surface area contributed by atoms with E-state index in [4.69, 9.17) is 5.73 Å². The molecule has 0 saturated heterocycles. The standard InChI is InChI=1S/C23H30BN4/c1-17-16-20(12-9-18-7-10-19(11-8-18)26(2)3)27(4)23(17)21(13-14-25)22-6-5-15-28(22)24/h5-12,15-16H,13-14,24-25H2,1-4H3/q+1. The number of allylic oxidation sites excluding steroid dienone is 3. The molecule has 2 aromatic rings. The van der Waals surface area contributed by atoms with E-state index >= 15 is 0 Å². The molecule has 0 bridgehead atoms. The molecule has 0 amide bonds. The summed E-state index contributed by atoms with van der Waals surface area (Å²) in [4.78, 5) is 2.11. The fourth-order valence-corrected chi connectivity index (χ4v) is 3.73. The molecule has 0 atom stereocenters. The molecule has 28 heavy (non-hydrogen) atoms. The predicted octanol–water partition coefficient (Wildman–Crippen LogP) is 2.77. The van der Waals surface area contributed by atoms with Crippen molar-refractivity contribution >= 4 is 31.0 Å². The van der Waals surface area contributed by atoms with Gasteiger partial charge >= 0.3 is 0 Å². The highest BCUT2D eigenvalue weighted by molar-refractivity contribution is 6.08. The first kappa shape index (κ1) is 20.0. The van der Waals surface area contributed by atoms with Crippen molar-refractivity contribution in [2.24, 2.45) is 5.73 Å². The quantitative estimate of drug-likeness (QED) is 0.625. The Morgan fingerprint density at radius 2 is 1.89 bits per heavy atom. The van der Waals surface area contributed by atoms with Gasteiger partial charge in [0, 0.05) is 48.8 Å². The van der Waals surface area contributed by atoms with Crippen molar-refractivity contribution in [3.63, 3.8) is 0 Å². The molecular weight excluding hydrogens is 343 g/mol. The number of likely N-dealkylation sites (N-methyl/N-ethyl adjacent to an activating group) is 1. The second kappa shape index (κ2) is 8.49. The fraction of sp³-hybridized carbons (Fsp3) is 0.261. The molecule has 1 aromatic carbocycles. The summed E-state index contributed by atoms with van der Waals surface area (Å²) in [5, 5.41) is 0. The zero-order chi connectivity index (χ0) is 20.3. The van der Waals surface area contributed by atoms with E-state index in [1.54, 1.807) is 0 Å². The third-order valence-corrected chi connectivity index (χ3v) is 5.25. The lowest BCUT2D eigenvalue weighted by Gasteiger charge is -2.11. The lowest BCUT2D eigenvalue weighted by molar-refractivity contribution is -0.433. The molecular formula is C23H30BN4+. The average molecular weight is 373 g/mol. The highest BCUT2D eigenvalue weighted by atomic mass is 15.1. The summed E-state index contributed by atoms with van der Waals surface area (Å²) in [5.41, 5.74) is 14.6. The van der Waals surface area contributed by atoms with Crippen LogP contribution in [0.5, 0.6) is 0 Å². The van der Waals surface area contributed by atoms with Gasteiger partial charge in [-0.3, -0.25) is 0 Å². The maximum Gasteiger partial charge on any atom is 0.223 e. The highest BCUT2D eigenvalue weighted by Gasteiger charge is 2.27. The van der Waals surface area contributed by atoms with Gasteiger partial charge in [0.05, 0.1) is 0 Å². The monoisotopic (exact) mass is 373 g/mol. The van der Waals surface area contributed by atoms with Crippen molar-refractivity contribution in [2.75, 3.05) is 32.6 Å². The van der Waals surface area contributed by atoms with Crippen molar-refractivity contribution in [2.45, 2.75) is 13.3 Å². The minimum absolute atomic E-state index is 0.633. The molecule has 144 valence electrons. The molecule has 0 spiro atoms. The Hall–Kier alpha value is -2.79. The van der Waals surface area contributed by atoms with Crippen LogP contribution in [-0.2, 0) is 0 Å². The van der Waals surface area contributed by atoms with Crippen molar-refractivity contribution < 1.29 is 4.58 Å². The SMILES string of the molecule is Bn1cccc1/C(CCN)=C1/C(C)=CC(/C=C/c2ccc(N(C)C)cc2)=[N+]1C. The first-order valence-electron chi connectivity index (χ1n) is 9.72. The molecule has 4 nitrogen and oxygen atoms in total. The lowest BCUT2D eigenvalue weighted by Crippen LogP contribution is -2.13. The summed E-state index contributed by atoms with van der Waals surface area (Å²) in [6.07, 6.45) is 9.54. The smallest absolute Gasteiger partial charge is 0.223 e. The van der Waals surface area contributed by atoms with Crippen molar-refractivity contribution in [1.82, 2.24) is 4.48 Å². The minimum Gasteiger partial charge on any atom is -0.399 e. The average Bonchev–Trinajstić information content (AvgIpc) is 3.21. The Morgan fingerprint density at radius 3 is 2.46 bits per heavy atom. The van der Waals surface area contributed by atoms with Crippen molar-refractivity contribution in [3.05, 3.63) is 77.3 Å². The van der Waals surface area contributed by atoms with Crippen LogP contribution in [0.2, 0.25) is 0 Å². The van der Waals surface area contributed by atoms with Crippen LogP contribution in [0.4, 0.5) is 5.69 Å². The third-order valence-electron chi connectivity index (χ3n) is 5.25. The number of hydrogen-bond donors (Lipinski definition) is 1. The summed E-state index contributed by atoms with van der Waals surface area (Å²) >= 11 is 0. The Bertz CT molecular complexity index is 972. The number of anilines is 1. The number of nitrogens with zero attached hydrogens (tertiary/aromatic N) is 3. The van der Waals surface area contributed by atoms with Gasteiger partial charge in [0.15, 0.2) is 0 Å². The summed E-state index contributed by atoms with van der Waals surface area (Å²) in [7, 11) is 8.33. The molecule has 0 saturated carbocycles.